The van der Waals surface area contributed by atoms with E-state index in [-0.39, 0.29) is 0 Å². The van der Waals surface area contributed by atoms with Crippen molar-refractivity contribution in [2.45, 2.75) is 94.8 Å². The molecule has 3 aliphatic carbocycles. The zero-order valence-electron chi connectivity index (χ0n) is 70.9. The van der Waals surface area contributed by atoms with E-state index in [0.29, 0.717) is 0 Å². The summed E-state index contributed by atoms with van der Waals surface area (Å²) in [5.74, 6) is 0. The van der Waals surface area contributed by atoms with Crippen LogP contribution in [0.4, 0.5) is 51.2 Å². The Hall–Kier alpha value is -14.9. The molecular weight excluding hydrogens is 1530 g/mol. The molecule has 3 aromatic heterocycles. The van der Waals surface area contributed by atoms with Gasteiger partial charge in [-0.2, -0.15) is 0 Å². The number of rotatable bonds is 15. The van der Waals surface area contributed by atoms with Crippen LogP contribution in [0.5, 0.6) is 0 Å². The van der Waals surface area contributed by atoms with Crippen molar-refractivity contribution < 1.29 is 0 Å². The van der Waals surface area contributed by atoms with E-state index >= 15 is 0 Å². The smallest absolute Gasteiger partial charge is 0.0760 e. The van der Waals surface area contributed by atoms with Crippen LogP contribution >= 0.6 is 0 Å². The second-order valence-electron chi connectivity index (χ2n) is 35.4. The number of hydrogen-bond donors (Lipinski definition) is 0. The summed E-state index contributed by atoms with van der Waals surface area (Å²) < 4.78 is 0. The largest absolute Gasteiger partial charge is 0.310 e. The van der Waals surface area contributed by atoms with E-state index in [0.717, 1.165) is 175 Å². The maximum atomic E-state index is 4.92. The van der Waals surface area contributed by atoms with Gasteiger partial charge in [-0.1, -0.05) is 277 Å². The molecule has 0 unspecified atom stereocenters. The van der Waals surface area contributed by atoms with E-state index < -0.39 is 16.2 Å². The number of benzene rings is 16. The standard InChI is InChI=1S/C120H90N6/c1-4-7-25-76-46-55-85(56-47-76)124-106-40-16-10-34-97(106)118(98-35-11-17-41-107(98)124)103-70-82(88-31-22-28-79-64-67-121-73-94(79)88)52-61-91(103)112-115(118)113-92-62-53-83(89-32-23-29-80-65-68-122-74-95(80)89)71-104(92)119(99-36-12-18-42-108(99)125(109-43-19-13-37-100(109)119)86-57-48-77(49-58-86)26-8-5-2)117(113)114-93-63-54-84(90-33-24-30-81-66-69-123-75-96(81)90)72-105(93)120(116(112)114)101-38-14-20-44-110(101)126(111-45-21-15-39-102(111)120)87-59-50-78(51-60-87)27-9-6-3/h10-24,28-75H,4-9,25-27H2,1-3H3. The highest BCUT2D eigenvalue weighted by atomic mass is 15.2. The molecular formula is C120H90N6. The third kappa shape index (κ3) is 10.4. The monoisotopic (exact) mass is 1610 g/mol. The summed E-state index contributed by atoms with van der Waals surface area (Å²) in [6, 6.07) is 136. The molecule has 0 bridgehead atoms. The molecule has 25 rings (SSSR count). The normalized spacial score (nSPS) is 14.3. The van der Waals surface area contributed by atoms with Gasteiger partial charge in [-0.3, -0.25) is 15.0 Å². The first-order valence-electron chi connectivity index (χ1n) is 45.4. The number of fused-ring (bicyclic) bond motifs is 33. The summed E-state index contributed by atoms with van der Waals surface area (Å²) in [4.78, 5) is 22.6. The fourth-order valence-corrected chi connectivity index (χ4v) is 23.7. The maximum absolute atomic E-state index is 4.92. The minimum atomic E-state index is -1.08. The van der Waals surface area contributed by atoms with Crippen molar-refractivity contribution in [2.24, 2.45) is 0 Å². The van der Waals surface area contributed by atoms with Crippen molar-refractivity contribution in [1.29, 1.82) is 0 Å². The molecule has 126 heavy (non-hydrogen) atoms. The van der Waals surface area contributed by atoms with Gasteiger partial charge < -0.3 is 14.7 Å². The van der Waals surface area contributed by atoms with Crippen molar-refractivity contribution >= 4 is 83.5 Å². The first-order chi connectivity index (χ1) is 62.4. The Morgan fingerprint density at radius 2 is 0.484 bits per heavy atom. The molecule has 6 aliphatic rings. The lowest BCUT2D eigenvalue weighted by molar-refractivity contribution is 0.727. The number of unbranched alkanes of at least 4 members (excludes halogenated alkanes) is 3. The Kier molecular flexibility index (Phi) is 16.9. The van der Waals surface area contributed by atoms with Gasteiger partial charge in [0, 0.05) is 70.4 Å². The number of hydrogen-bond acceptors (Lipinski definition) is 6. The van der Waals surface area contributed by atoms with E-state index in [2.05, 4.69) is 400 Å². The summed E-state index contributed by atoms with van der Waals surface area (Å²) >= 11 is 0. The second-order valence-corrected chi connectivity index (χ2v) is 35.4. The Morgan fingerprint density at radius 3 is 0.738 bits per heavy atom. The Balaban J connectivity index is 0.915. The van der Waals surface area contributed by atoms with E-state index in [1.165, 1.54) is 117 Å². The molecule has 0 fully saturated rings. The van der Waals surface area contributed by atoms with Gasteiger partial charge in [0.05, 0.1) is 50.4 Å². The van der Waals surface area contributed by atoms with E-state index in [1.54, 1.807) is 0 Å². The highest BCUT2D eigenvalue weighted by Crippen LogP contribution is 2.78. The molecule has 0 amide bonds. The molecule has 6 nitrogen and oxygen atoms in total. The summed E-state index contributed by atoms with van der Waals surface area (Å²) in [5.41, 5.74) is 40.0. The molecule has 600 valence electrons. The average molecular weight is 1620 g/mol. The molecule has 0 radical (unpaired) electrons. The molecule has 6 heterocycles. The van der Waals surface area contributed by atoms with Gasteiger partial charge in [-0.15, -0.1) is 0 Å². The Bertz CT molecular complexity index is 6800. The van der Waals surface area contributed by atoms with E-state index in [9.17, 15) is 0 Å². The van der Waals surface area contributed by atoms with Crippen LogP contribution in [0.15, 0.2) is 383 Å². The van der Waals surface area contributed by atoms with Gasteiger partial charge in [-0.25, -0.2) is 0 Å². The van der Waals surface area contributed by atoms with Crippen molar-refractivity contribution in [3.63, 3.8) is 0 Å². The lowest BCUT2D eigenvalue weighted by atomic mass is 9.58. The molecule has 16 aromatic carbocycles. The van der Waals surface area contributed by atoms with Crippen molar-refractivity contribution in [3.05, 3.63) is 466 Å². The van der Waals surface area contributed by atoms with Crippen LogP contribution in [0.2, 0.25) is 0 Å². The third-order valence-corrected chi connectivity index (χ3v) is 29.0. The van der Waals surface area contributed by atoms with Crippen LogP contribution in [-0.4, -0.2) is 15.0 Å². The van der Waals surface area contributed by atoms with Gasteiger partial charge in [-0.05, 0) is 314 Å². The van der Waals surface area contributed by atoms with Crippen LogP contribution in [0, 0.1) is 0 Å². The first-order valence-corrected chi connectivity index (χ1v) is 45.4. The minimum absolute atomic E-state index is 1.03. The Labute approximate surface area is 736 Å². The van der Waals surface area contributed by atoms with Crippen molar-refractivity contribution in [3.8, 4) is 66.8 Å². The van der Waals surface area contributed by atoms with Crippen molar-refractivity contribution in [1.82, 2.24) is 15.0 Å². The van der Waals surface area contributed by atoms with Crippen LogP contribution in [0.3, 0.4) is 0 Å². The molecule has 3 spiro atoms. The Morgan fingerprint density at radius 1 is 0.230 bits per heavy atom. The molecule has 0 N–H and O–H groups in total. The topological polar surface area (TPSA) is 48.4 Å². The van der Waals surface area contributed by atoms with Gasteiger partial charge in [0.25, 0.3) is 0 Å². The SMILES string of the molecule is CCCCc1ccc(N2c3ccccc3C3(c4cc(-c5cccc6ccncc56)ccc4-c4c3c3c(c5c4C4(c6cc(-c7cccc8ccncc78)ccc6-5)c5ccccc5N(c5ccc(CCCC)cc5)c5ccccc54)C4(c5cc(-c6cccc7ccncc67)ccc5-3)c3ccccc3N(c3ccc(CCCC)cc3)c3ccccc34)c3ccccc32)cc1. The lowest BCUT2D eigenvalue weighted by Gasteiger charge is -2.48. The molecule has 0 saturated carbocycles. The molecule has 0 saturated heterocycles. The number of aryl methyl sites for hydroxylation is 3. The average Bonchev–Trinajstić information content (AvgIpc) is 1.45. The van der Waals surface area contributed by atoms with Gasteiger partial charge in [0.2, 0.25) is 0 Å². The molecule has 19 aromatic rings. The van der Waals surface area contributed by atoms with Gasteiger partial charge in [0.1, 0.15) is 0 Å². The molecule has 0 atom stereocenters. The number of pyridine rings is 3. The molecule has 6 heteroatoms. The van der Waals surface area contributed by atoms with Crippen LogP contribution in [-0.2, 0) is 35.5 Å². The van der Waals surface area contributed by atoms with Gasteiger partial charge in [0.15, 0.2) is 0 Å². The molecule has 3 aliphatic heterocycles. The third-order valence-electron chi connectivity index (χ3n) is 29.0. The summed E-state index contributed by atoms with van der Waals surface area (Å²) in [6.07, 6.45) is 21.9. The minimum Gasteiger partial charge on any atom is -0.310 e. The zero-order chi connectivity index (χ0) is 83.5. The van der Waals surface area contributed by atoms with Crippen LogP contribution < -0.4 is 14.7 Å². The number of para-hydroxylation sites is 6. The predicted octanol–water partition coefficient (Wildman–Crippen LogP) is 30.8. The summed E-state index contributed by atoms with van der Waals surface area (Å²) in [5, 5.41) is 6.76. The first kappa shape index (κ1) is 73.8. The zero-order valence-corrected chi connectivity index (χ0v) is 70.9. The van der Waals surface area contributed by atoms with Crippen LogP contribution in [0.25, 0.3) is 99.1 Å². The fourth-order valence-electron chi connectivity index (χ4n) is 23.7. The lowest BCUT2D eigenvalue weighted by Crippen LogP contribution is -2.39. The van der Waals surface area contributed by atoms with Crippen molar-refractivity contribution in [2.75, 3.05) is 14.7 Å². The van der Waals surface area contributed by atoms with E-state index in [1.807, 2.05) is 18.6 Å². The van der Waals surface area contributed by atoms with E-state index in [4.69, 9.17) is 15.0 Å². The number of aromatic nitrogens is 3. The van der Waals surface area contributed by atoms with Crippen LogP contribution in [0.1, 0.15) is 143 Å². The predicted molar refractivity (Wildman–Crippen MR) is 521 cm³/mol. The summed E-state index contributed by atoms with van der Waals surface area (Å²) in [6.45, 7) is 6.88. The highest BCUT2D eigenvalue weighted by molar-refractivity contribution is 6.15. The fraction of sp³-hybridized carbons (Fsp3) is 0.125. The quantitative estimate of drug-likeness (QED) is 0.102. The second kappa shape index (κ2) is 28.9. The maximum Gasteiger partial charge on any atom is 0.0760 e. The highest BCUT2D eigenvalue weighted by Gasteiger charge is 2.65. The number of nitrogens with zero attached hydrogens (tertiary/aromatic N) is 6. The number of anilines is 9. The van der Waals surface area contributed by atoms with Gasteiger partial charge >= 0.3 is 0 Å². The summed E-state index contributed by atoms with van der Waals surface area (Å²) in [7, 11) is 0.